The lowest BCUT2D eigenvalue weighted by Crippen LogP contribution is -2.47. The largest absolute Gasteiger partial charge is 0.375 e. The topological polar surface area (TPSA) is 67.6 Å². The number of carbonyl (C=O) groups is 1. The SMILES string of the molecule is Cc1noc(C)c1C(=O)N[C@@H]1C[C@H]2CO[C@@H](C3CC3)CN2C1. The molecular formula is C16H23N3O3. The van der Waals surface area contributed by atoms with Crippen molar-refractivity contribution >= 4 is 5.91 Å². The van der Waals surface area contributed by atoms with Gasteiger partial charge in [-0.1, -0.05) is 5.16 Å². The van der Waals surface area contributed by atoms with Gasteiger partial charge >= 0.3 is 0 Å². The van der Waals surface area contributed by atoms with Crippen LogP contribution in [0.25, 0.3) is 0 Å². The van der Waals surface area contributed by atoms with Crippen LogP contribution in [0, 0.1) is 19.8 Å². The Morgan fingerprint density at radius 2 is 2.14 bits per heavy atom. The van der Waals surface area contributed by atoms with Crippen LogP contribution >= 0.6 is 0 Å². The van der Waals surface area contributed by atoms with Crippen LogP contribution in [0.5, 0.6) is 0 Å². The highest BCUT2D eigenvalue weighted by Crippen LogP contribution is 2.37. The van der Waals surface area contributed by atoms with Crippen molar-refractivity contribution in [3.63, 3.8) is 0 Å². The molecule has 6 heteroatoms. The molecule has 0 radical (unpaired) electrons. The third kappa shape index (κ3) is 2.54. The fourth-order valence-electron chi connectivity index (χ4n) is 3.82. The smallest absolute Gasteiger partial charge is 0.257 e. The van der Waals surface area contributed by atoms with Gasteiger partial charge in [-0.25, -0.2) is 0 Å². The number of aromatic nitrogens is 1. The molecule has 22 heavy (non-hydrogen) atoms. The van der Waals surface area contributed by atoms with Crippen LogP contribution in [0.2, 0.25) is 0 Å². The number of rotatable bonds is 3. The molecule has 3 fully saturated rings. The van der Waals surface area contributed by atoms with E-state index in [0.717, 1.165) is 32.0 Å². The number of hydrogen-bond donors (Lipinski definition) is 1. The Morgan fingerprint density at radius 3 is 2.82 bits per heavy atom. The van der Waals surface area contributed by atoms with Gasteiger partial charge in [-0.2, -0.15) is 0 Å². The minimum absolute atomic E-state index is 0.0687. The fourth-order valence-corrected chi connectivity index (χ4v) is 3.82. The molecule has 1 aromatic heterocycles. The molecule has 1 aromatic rings. The predicted octanol–water partition coefficient (Wildman–Crippen LogP) is 1.27. The number of ether oxygens (including phenoxy) is 1. The number of nitrogens with zero attached hydrogens (tertiary/aromatic N) is 2. The molecule has 120 valence electrons. The second-order valence-electron chi connectivity index (χ2n) is 6.92. The molecule has 0 bridgehead atoms. The molecule has 0 unspecified atom stereocenters. The van der Waals surface area contributed by atoms with E-state index in [-0.39, 0.29) is 11.9 Å². The Balaban J connectivity index is 1.38. The van der Waals surface area contributed by atoms with Crippen LogP contribution in [0.3, 0.4) is 0 Å². The zero-order chi connectivity index (χ0) is 15.3. The van der Waals surface area contributed by atoms with Crippen molar-refractivity contribution in [3.05, 3.63) is 17.0 Å². The van der Waals surface area contributed by atoms with Crippen LogP contribution in [0.4, 0.5) is 0 Å². The highest BCUT2D eigenvalue weighted by Gasteiger charge is 2.42. The maximum atomic E-state index is 12.4. The maximum absolute atomic E-state index is 12.4. The zero-order valence-electron chi connectivity index (χ0n) is 13.2. The van der Waals surface area contributed by atoms with Gasteiger partial charge in [0.05, 0.1) is 18.4 Å². The molecule has 1 N–H and O–H groups in total. The second kappa shape index (κ2) is 5.35. The van der Waals surface area contributed by atoms with E-state index in [1.165, 1.54) is 12.8 Å². The van der Waals surface area contributed by atoms with Gasteiger partial charge < -0.3 is 14.6 Å². The first-order valence-corrected chi connectivity index (χ1v) is 8.21. The van der Waals surface area contributed by atoms with Crippen LogP contribution < -0.4 is 5.32 Å². The number of fused-ring (bicyclic) bond motifs is 1. The van der Waals surface area contributed by atoms with E-state index in [9.17, 15) is 4.79 Å². The van der Waals surface area contributed by atoms with E-state index in [1.807, 2.05) is 0 Å². The Kier molecular flexibility index (Phi) is 3.46. The first kappa shape index (κ1) is 14.2. The normalized spacial score (nSPS) is 32.0. The van der Waals surface area contributed by atoms with E-state index in [1.54, 1.807) is 13.8 Å². The summed E-state index contributed by atoms with van der Waals surface area (Å²) in [7, 11) is 0. The van der Waals surface area contributed by atoms with Crippen molar-refractivity contribution in [2.24, 2.45) is 5.92 Å². The molecule has 1 aliphatic carbocycles. The van der Waals surface area contributed by atoms with Crippen LogP contribution in [-0.2, 0) is 4.74 Å². The van der Waals surface area contributed by atoms with Crippen molar-refractivity contribution in [1.82, 2.24) is 15.4 Å². The van der Waals surface area contributed by atoms with Crippen molar-refractivity contribution in [2.45, 2.75) is 51.3 Å². The molecule has 2 aliphatic heterocycles. The average molecular weight is 305 g/mol. The lowest BCUT2D eigenvalue weighted by molar-refractivity contribution is -0.0581. The third-order valence-electron chi connectivity index (χ3n) is 5.19. The monoisotopic (exact) mass is 305 g/mol. The van der Waals surface area contributed by atoms with Crippen molar-refractivity contribution in [1.29, 1.82) is 0 Å². The van der Waals surface area contributed by atoms with Crippen LogP contribution in [0.1, 0.15) is 41.1 Å². The number of hydrogen-bond acceptors (Lipinski definition) is 5. The van der Waals surface area contributed by atoms with E-state index < -0.39 is 0 Å². The Hall–Kier alpha value is -1.40. The summed E-state index contributed by atoms with van der Waals surface area (Å²) in [6, 6.07) is 0.637. The minimum atomic E-state index is -0.0687. The Bertz CT molecular complexity index is 562. The van der Waals surface area contributed by atoms with Crippen LogP contribution in [0.15, 0.2) is 4.52 Å². The highest BCUT2D eigenvalue weighted by atomic mass is 16.5. The van der Waals surface area contributed by atoms with Gasteiger partial charge in [0.1, 0.15) is 11.3 Å². The van der Waals surface area contributed by atoms with Crippen molar-refractivity contribution < 1.29 is 14.1 Å². The molecule has 3 heterocycles. The predicted molar refractivity (Wildman–Crippen MR) is 79.7 cm³/mol. The first-order chi connectivity index (χ1) is 10.6. The summed E-state index contributed by atoms with van der Waals surface area (Å²) in [4.78, 5) is 14.9. The molecular weight excluding hydrogens is 282 g/mol. The average Bonchev–Trinajstić information content (AvgIpc) is 3.17. The van der Waals surface area contributed by atoms with Crippen LogP contribution in [-0.4, -0.2) is 53.8 Å². The standard InChI is InChI=1S/C16H23N3O3/c1-9-15(10(2)22-18-9)16(20)17-12-5-13-8-21-14(11-3-4-11)7-19(13)6-12/h11-14H,3-8H2,1-2H3,(H,17,20)/t12-,13+,14-/m1/s1. The molecule has 1 saturated carbocycles. The van der Waals surface area contributed by atoms with Gasteiger partial charge in [-0.3, -0.25) is 9.69 Å². The number of morpholine rings is 1. The lowest BCUT2D eigenvalue weighted by Gasteiger charge is -2.35. The van der Waals surface area contributed by atoms with E-state index in [4.69, 9.17) is 9.26 Å². The molecule has 0 spiro atoms. The molecule has 6 nitrogen and oxygen atoms in total. The minimum Gasteiger partial charge on any atom is -0.375 e. The van der Waals surface area contributed by atoms with Gasteiger partial charge in [0.15, 0.2) is 0 Å². The molecule has 2 saturated heterocycles. The van der Waals surface area contributed by atoms with Gasteiger partial charge in [-0.05, 0) is 39.0 Å². The third-order valence-corrected chi connectivity index (χ3v) is 5.19. The first-order valence-electron chi connectivity index (χ1n) is 8.21. The summed E-state index contributed by atoms with van der Waals surface area (Å²) in [6.07, 6.45) is 4.00. The zero-order valence-corrected chi connectivity index (χ0v) is 13.2. The van der Waals surface area contributed by atoms with Crippen molar-refractivity contribution in [2.75, 3.05) is 19.7 Å². The number of aryl methyl sites for hydroxylation is 2. The summed E-state index contributed by atoms with van der Waals surface area (Å²) >= 11 is 0. The summed E-state index contributed by atoms with van der Waals surface area (Å²) in [5, 5.41) is 7.00. The van der Waals surface area contributed by atoms with Gasteiger partial charge in [0.25, 0.3) is 5.91 Å². The Morgan fingerprint density at radius 1 is 1.32 bits per heavy atom. The summed E-state index contributed by atoms with van der Waals surface area (Å²) < 4.78 is 11.1. The molecule has 1 amide bonds. The van der Waals surface area contributed by atoms with Gasteiger partial charge in [0, 0.05) is 25.2 Å². The maximum Gasteiger partial charge on any atom is 0.257 e. The quantitative estimate of drug-likeness (QED) is 0.911. The summed E-state index contributed by atoms with van der Waals surface area (Å²) in [5.41, 5.74) is 1.24. The van der Waals surface area contributed by atoms with E-state index >= 15 is 0 Å². The highest BCUT2D eigenvalue weighted by molar-refractivity contribution is 5.96. The summed E-state index contributed by atoms with van der Waals surface area (Å²) in [5.74, 6) is 1.29. The van der Waals surface area contributed by atoms with Gasteiger partial charge in [0.2, 0.25) is 0 Å². The summed E-state index contributed by atoms with van der Waals surface area (Å²) in [6.45, 7) is 6.33. The van der Waals surface area contributed by atoms with Crippen molar-refractivity contribution in [3.8, 4) is 0 Å². The molecule has 3 aliphatic rings. The number of amides is 1. The van der Waals surface area contributed by atoms with E-state index in [0.29, 0.717) is 29.2 Å². The molecule has 0 aromatic carbocycles. The number of carbonyl (C=O) groups excluding carboxylic acids is 1. The second-order valence-corrected chi connectivity index (χ2v) is 6.92. The molecule has 3 atom stereocenters. The van der Waals surface area contributed by atoms with E-state index in [2.05, 4.69) is 15.4 Å². The lowest BCUT2D eigenvalue weighted by atomic mass is 10.1. The Labute approximate surface area is 130 Å². The van der Waals surface area contributed by atoms with Gasteiger partial charge in [-0.15, -0.1) is 0 Å². The number of nitrogens with one attached hydrogen (secondary N) is 1. The molecule has 4 rings (SSSR count). The fraction of sp³-hybridized carbons (Fsp3) is 0.750.